The van der Waals surface area contributed by atoms with Crippen LogP contribution in [-0.4, -0.2) is 34.2 Å². The third kappa shape index (κ3) is 2.21. The van der Waals surface area contributed by atoms with Gasteiger partial charge in [0, 0.05) is 11.3 Å². The highest BCUT2D eigenvalue weighted by atomic mass is 16.4. The van der Waals surface area contributed by atoms with E-state index < -0.39 is 11.6 Å². The number of aryl methyl sites for hydroxylation is 1. The van der Waals surface area contributed by atoms with Gasteiger partial charge in [-0.3, -0.25) is 4.79 Å². The van der Waals surface area contributed by atoms with E-state index >= 15 is 0 Å². The lowest BCUT2D eigenvalue weighted by molar-refractivity contribution is -0.156. The van der Waals surface area contributed by atoms with Crippen LogP contribution >= 0.6 is 0 Å². The largest absolute Gasteiger partial charge is 0.479 e. The van der Waals surface area contributed by atoms with Crippen LogP contribution in [0.5, 0.6) is 0 Å². The summed E-state index contributed by atoms with van der Waals surface area (Å²) in [5.74, 6) is -1.60. The second kappa shape index (κ2) is 4.56. The van der Waals surface area contributed by atoms with Crippen LogP contribution in [0.25, 0.3) is 0 Å². The molecule has 2 aliphatic carbocycles. The van der Waals surface area contributed by atoms with E-state index in [-0.39, 0.29) is 23.8 Å². The zero-order chi connectivity index (χ0) is 15.3. The number of fused-ring (bicyclic) bond motifs is 2. The molecule has 5 nitrogen and oxygen atoms in total. The van der Waals surface area contributed by atoms with Crippen LogP contribution in [0.4, 0.5) is 0 Å². The Bertz CT molecular complexity index is 610. The second-order valence-electron chi connectivity index (χ2n) is 6.37. The summed E-state index contributed by atoms with van der Waals surface area (Å²) >= 11 is 0. The fraction of sp³-hybridized carbons (Fsp3) is 0.500. The van der Waals surface area contributed by atoms with Crippen molar-refractivity contribution in [1.29, 1.82) is 0 Å². The Morgan fingerprint density at radius 3 is 2.86 bits per heavy atom. The molecule has 1 aromatic rings. The van der Waals surface area contributed by atoms with Gasteiger partial charge in [0.1, 0.15) is 0 Å². The fourth-order valence-electron chi connectivity index (χ4n) is 3.40. The van der Waals surface area contributed by atoms with Crippen LogP contribution < -0.4 is 5.32 Å². The van der Waals surface area contributed by atoms with E-state index in [4.69, 9.17) is 5.11 Å². The highest BCUT2D eigenvalue weighted by Gasteiger charge is 2.61. The van der Waals surface area contributed by atoms with E-state index in [9.17, 15) is 14.7 Å². The standard InChI is InChI=1S/C16H19NO4/c1-15(21,14(19)20)9-17-13(18)12-8-16(12)7-6-10-4-2-3-5-11(10)16/h2-5,12,21H,6-9H2,1H3,(H,17,18)(H,19,20). The molecular weight excluding hydrogens is 270 g/mol. The van der Waals surface area contributed by atoms with Crippen molar-refractivity contribution in [3.63, 3.8) is 0 Å². The summed E-state index contributed by atoms with van der Waals surface area (Å²) < 4.78 is 0. The Morgan fingerprint density at radius 2 is 2.14 bits per heavy atom. The number of rotatable bonds is 4. The topological polar surface area (TPSA) is 86.6 Å². The van der Waals surface area contributed by atoms with Crippen LogP contribution in [0.3, 0.4) is 0 Å². The molecule has 3 rings (SSSR count). The molecule has 0 aromatic heterocycles. The van der Waals surface area contributed by atoms with Crippen molar-refractivity contribution in [2.75, 3.05) is 6.54 Å². The fourth-order valence-corrected chi connectivity index (χ4v) is 3.40. The summed E-state index contributed by atoms with van der Waals surface area (Å²) in [6.07, 6.45) is 2.78. The molecule has 0 bridgehead atoms. The third-order valence-electron chi connectivity index (χ3n) is 4.85. The van der Waals surface area contributed by atoms with Crippen molar-refractivity contribution in [3.05, 3.63) is 35.4 Å². The van der Waals surface area contributed by atoms with Gasteiger partial charge in [0.05, 0.1) is 6.54 Å². The minimum atomic E-state index is -1.93. The lowest BCUT2D eigenvalue weighted by Crippen LogP contribution is -2.47. The highest BCUT2D eigenvalue weighted by molar-refractivity contribution is 5.86. The van der Waals surface area contributed by atoms with E-state index in [0.29, 0.717) is 0 Å². The van der Waals surface area contributed by atoms with E-state index in [1.165, 1.54) is 18.1 Å². The van der Waals surface area contributed by atoms with Crippen molar-refractivity contribution in [2.45, 2.75) is 37.2 Å². The average molecular weight is 289 g/mol. The molecule has 21 heavy (non-hydrogen) atoms. The summed E-state index contributed by atoms with van der Waals surface area (Å²) in [6.45, 7) is 0.915. The molecule has 1 saturated carbocycles. The first-order chi connectivity index (χ1) is 9.87. The van der Waals surface area contributed by atoms with Crippen LogP contribution in [-0.2, 0) is 21.4 Å². The maximum Gasteiger partial charge on any atom is 0.337 e. The van der Waals surface area contributed by atoms with Gasteiger partial charge in [0.2, 0.25) is 5.91 Å². The number of carbonyl (C=O) groups excluding carboxylic acids is 1. The van der Waals surface area contributed by atoms with Gasteiger partial charge in [-0.2, -0.15) is 0 Å². The molecule has 112 valence electrons. The van der Waals surface area contributed by atoms with Gasteiger partial charge >= 0.3 is 5.97 Å². The minimum absolute atomic E-state index is 0.0598. The van der Waals surface area contributed by atoms with Gasteiger partial charge in [-0.25, -0.2) is 4.79 Å². The van der Waals surface area contributed by atoms with Crippen LogP contribution in [0, 0.1) is 5.92 Å². The Balaban J connectivity index is 1.66. The maximum atomic E-state index is 12.2. The second-order valence-corrected chi connectivity index (χ2v) is 6.37. The number of aliphatic hydroxyl groups is 1. The number of aliphatic carboxylic acids is 1. The van der Waals surface area contributed by atoms with Crippen molar-refractivity contribution < 1.29 is 19.8 Å². The normalized spacial score (nSPS) is 28.8. The van der Waals surface area contributed by atoms with Crippen molar-refractivity contribution in [1.82, 2.24) is 5.32 Å². The zero-order valence-corrected chi connectivity index (χ0v) is 11.9. The number of benzene rings is 1. The minimum Gasteiger partial charge on any atom is -0.479 e. The number of hydrogen-bond donors (Lipinski definition) is 3. The van der Waals surface area contributed by atoms with Crippen LogP contribution in [0.2, 0.25) is 0 Å². The third-order valence-corrected chi connectivity index (χ3v) is 4.85. The van der Waals surface area contributed by atoms with Crippen molar-refractivity contribution in [2.24, 2.45) is 5.92 Å². The molecule has 0 heterocycles. The number of carboxylic acids is 1. The molecule has 1 spiro atoms. The smallest absolute Gasteiger partial charge is 0.337 e. The molecule has 0 aliphatic heterocycles. The molecule has 1 aromatic carbocycles. The Labute approximate surface area is 123 Å². The maximum absolute atomic E-state index is 12.2. The molecule has 5 heteroatoms. The highest BCUT2D eigenvalue weighted by Crippen LogP contribution is 2.61. The predicted octanol–water partition coefficient (Wildman–Crippen LogP) is 0.842. The van der Waals surface area contributed by atoms with Crippen molar-refractivity contribution in [3.8, 4) is 0 Å². The summed E-state index contributed by atoms with van der Waals surface area (Å²) in [5, 5.41) is 21.1. The molecule has 0 radical (unpaired) electrons. The molecule has 2 aliphatic rings. The predicted molar refractivity (Wildman–Crippen MR) is 75.8 cm³/mol. The molecule has 0 saturated heterocycles. The van der Waals surface area contributed by atoms with Gasteiger partial charge in [0.25, 0.3) is 0 Å². The lowest BCUT2D eigenvalue weighted by Gasteiger charge is -2.19. The zero-order valence-electron chi connectivity index (χ0n) is 11.9. The molecule has 1 fully saturated rings. The Morgan fingerprint density at radius 1 is 1.43 bits per heavy atom. The van der Waals surface area contributed by atoms with Crippen molar-refractivity contribution >= 4 is 11.9 Å². The first-order valence-electron chi connectivity index (χ1n) is 7.19. The SMILES string of the molecule is CC(O)(CNC(=O)C1CC12CCc1ccccc12)C(=O)O. The van der Waals surface area contributed by atoms with Gasteiger partial charge in [-0.1, -0.05) is 24.3 Å². The van der Waals surface area contributed by atoms with Gasteiger partial charge in [-0.05, 0) is 37.3 Å². The molecular formula is C16H19NO4. The molecule has 3 atom stereocenters. The molecule has 1 amide bonds. The number of nitrogens with one attached hydrogen (secondary N) is 1. The molecule has 3 unspecified atom stereocenters. The summed E-state index contributed by atoms with van der Waals surface area (Å²) in [6, 6.07) is 8.20. The lowest BCUT2D eigenvalue weighted by atomic mass is 9.95. The Kier molecular flexibility index (Phi) is 3.06. The van der Waals surface area contributed by atoms with Crippen LogP contribution in [0.15, 0.2) is 24.3 Å². The molecule has 3 N–H and O–H groups in total. The number of carbonyl (C=O) groups is 2. The van der Waals surface area contributed by atoms with Gasteiger partial charge in [-0.15, -0.1) is 0 Å². The Hall–Kier alpha value is -1.88. The monoisotopic (exact) mass is 289 g/mol. The summed E-state index contributed by atoms with van der Waals surface area (Å²) in [7, 11) is 0. The van der Waals surface area contributed by atoms with Crippen LogP contribution in [0.1, 0.15) is 30.9 Å². The first-order valence-corrected chi connectivity index (χ1v) is 7.19. The average Bonchev–Trinajstić information content (AvgIpc) is 3.07. The van der Waals surface area contributed by atoms with E-state index in [1.807, 2.05) is 12.1 Å². The first kappa shape index (κ1) is 14.1. The van der Waals surface area contributed by atoms with E-state index in [0.717, 1.165) is 19.3 Å². The number of hydrogen-bond acceptors (Lipinski definition) is 3. The number of amides is 1. The van der Waals surface area contributed by atoms with E-state index in [2.05, 4.69) is 17.4 Å². The van der Waals surface area contributed by atoms with E-state index in [1.54, 1.807) is 0 Å². The number of carboxylic acid groups (broad SMARTS) is 1. The van der Waals surface area contributed by atoms with Gasteiger partial charge in [0.15, 0.2) is 5.60 Å². The quantitative estimate of drug-likeness (QED) is 0.766. The van der Waals surface area contributed by atoms with Gasteiger partial charge < -0.3 is 15.5 Å². The summed E-state index contributed by atoms with van der Waals surface area (Å²) in [4.78, 5) is 23.1. The summed E-state index contributed by atoms with van der Waals surface area (Å²) in [5.41, 5.74) is 0.585.